The van der Waals surface area contributed by atoms with E-state index in [0.29, 0.717) is 0 Å². The lowest BCUT2D eigenvalue weighted by Gasteiger charge is -2.35. The maximum absolute atomic E-state index is 13.6. The highest BCUT2D eigenvalue weighted by molar-refractivity contribution is 5.90. The minimum absolute atomic E-state index is 0.230. The lowest BCUT2D eigenvalue weighted by Crippen LogP contribution is -2.54. The van der Waals surface area contributed by atoms with Crippen LogP contribution in [0, 0.1) is 11.6 Å². The molecule has 1 fully saturated rings. The van der Waals surface area contributed by atoms with E-state index in [1.807, 2.05) is 0 Å². The van der Waals surface area contributed by atoms with Crippen LogP contribution in [0.25, 0.3) is 0 Å². The van der Waals surface area contributed by atoms with Gasteiger partial charge in [-0.25, -0.2) is 13.6 Å². The Hall–Kier alpha value is -2.26. The minimum Gasteiger partial charge on any atom is -0.348 e. The van der Waals surface area contributed by atoms with Gasteiger partial charge in [0.15, 0.2) is 0 Å². The summed E-state index contributed by atoms with van der Waals surface area (Å²) in [5, 5.41) is 2.22. The number of nitrogens with zero attached hydrogens (tertiary/aromatic N) is 2. The summed E-state index contributed by atoms with van der Waals surface area (Å²) in [5.74, 6) is -2.03. The molecule has 0 aliphatic carbocycles. The Morgan fingerprint density at radius 3 is 2.04 bits per heavy atom. The van der Waals surface area contributed by atoms with Crippen LogP contribution in [0.1, 0.15) is 0 Å². The topological polar surface area (TPSA) is 71.1 Å². The predicted octanol–water partition coefficient (Wildman–Crippen LogP) is 1.26. The molecule has 0 spiro atoms. The van der Waals surface area contributed by atoms with E-state index in [-0.39, 0.29) is 32.1 Å². The molecule has 1 N–H and O–H groups in total. The molecule has 2 rings (SSSR count). The third kappa shape index (κ3) is 3.98. The Balaban J connectivity index is 1.92. The number of benzene rings is 1. The minimum atomic E-state index is -0.988. The highest BCUT2D eigenvalue weighted by atomic mass is 19.1. The number of halogens is 2. The van der Waals surface area contributed by atoms with Crippen molar-refractivity contribution in [3.05, 3.63) is 29.8 Å². The maximum atomic E-state index is 13.6. The Labute approximate surface area is 138 Å². The molecule has 1 aliphatic rings. The Bertz CT molecular complexity index is 582. The number of carbonyl (C=O) groups is 2. The summed E-state index contributed by atoms with van der Waals surface area (Å²) in [6, 6.07) is 2.71. The molecule has 0 unspecified atom stereocenters. The number of amides is 3. The summed E-state index contributed by atoms with van der Waals surface area (Å²) in [6.45, 7) is 1.01. The van der Waals surface area contributed by atoms with Crippen molar-refractivity contribution in [3.63, 3.8) is 0 Å². The number of anilines is 1. The molecule has 7 nitrogen and oxygen atoms in total. The molecule has 0 saturated carbocycles. The lowest BCUT2D eigenvalue weighted by molar-refractivity contribution is -0.171. The quantitative estimate of drug-likeness (QED) is 0.836. The molecule has 0 bridgehead atoms. The van der Waals surface area contributed by atoms with Gasteiger partial charge in [0.2, 0.25) is 6.29 Å². The second kappa shape index (κ2) is 8.02. The summed E-state index contributed by atoms with van der Waals surface area (Å²) in [7, 11) is 2.72. The standard InChI is InChI=1S/C15H19F2N3O4/c1-23-14(24-2)13(21)19-6-8-20(9-7-19)15(22)18-12-10(16)4-3-5-11(12)17/h3-5,14H,6-9H2,1-2H3,(H,18,22). The van der Waals surface area contributed by atoms with Gasteiger partial charge in [-0.15, -0.1) is 0 Å². The lowest BCUT2D eigenvalue weighted by atomic mass is 10.3. The summed E-state index contributed by atoms with van der Waals surface area (Å²) < 4.78 is 36.9. The smallest absolute Gasteiger partial charge is 0.322 e. The number of para-hydroxylation sites is 1. The molecule has 0 aromatic heterocycles. The van der Waals surface area contributed by atoms with Crippen LogP contribution in [-0.4, -0.2) is 68.4 Å². The van der Waals surface area contributed by atoms with Gasteiger partial charge in [0, 0.05) is 40.4 Å². The van der Waals surface area contributed by atoms with E-state index in [9.17, 15) is 18.4 Å². The van der Waals surface area contributed by atoms with Gasteiger partial charge >= 0.3 is 6.03 Å². The van der Waals surface area contributed by atoms with Crippen LogP contribution < -0.4 is 5.32 Å². The van der Waals surface area contributed by atoms with Crippen LogP contribution in [0.4, 0.5) is 19.3 Å². The van der Waals surface area contributed by atoms with E-state index in [4.69, 9.17) is 9.47 Å². The first-order valence-corrected chi connectivity index (χ1v) is 7.32. The predicted molar refractivity (Wildman–Crippen MR) is 81.3 cm³/mol. The number of methoxy groups -OCH3 is 2. The number of hydrogen-bond acceptors (Lipinski definition) is 4. The number of piperazine rings is 1. The average molecular weight is 343 g/mol. The zero-order chi connectivity index (χ0) is 17.7. The van der Waals surface area contributed by atoms with Gasteiger partial charge in [-0.3, -0.25) is 4.79 Å². The van der Waals surface area contributed by atoms with Crippen LogP contribution in [0.5, 0.6) is 0 Å². The molecule has 0 radical (unpaired) electrons. The number of hydrogen-bond donors (Lipinski definition) is 1. The Kier molecular flexibility index (Phi) is 6.04. The van der Waals surface area contributed by atoms with Crippen molar-refractivity contribution in [3.8, 4) is 0 Å². The monoisotopic (exact) mass is 343 g/mol. The van der Waals surface area contributed by atoms with Gasteiger partial charge in [0.1, 0.15) is 17.3 Å². The second-order valence-corrected chi connectivity index (χ2v) is 5.14. The first kappa shape index (κ1) is 18.1. The van der Waals surface area contributed by atoms with Gasteiger partial charge in [-0.05, 0) is 12.1 Å². The van der Waals surface area contributed by atoms with Gasteiger partial charge in [-0.2, -0.15) is 0 Å². The van der Waals surface area contributed by atoms with Crippen LogP contribution in [0.15, 0.2) is 18.2 Å². The van der Waals surface area contributed by atoms with Crippen molar-refractivity contribution in [2.45, 2.75) is 6.29 Å². The van der Waals surface area contributed by atoms with Crippen molar-refractivity contribution >= 4 is 17.6 Å². The molecule has 1 aliphatic heterocycles. The highest BCUT2D eigenvalue weighted by Gasteiger charge is 2.29. The average Bonchev–Trinajstić information content (AvgIpc) is 2.59. The highest BCUT2D eigenvalue weighted by Crippen LogP contribution is 2.19. The van der Waals surface area contributed by atoms with E-state index in [1.165, 1.54) is 30.1 Å². The molecule has 1 saturated heterocycles. The molecule has 1 aromatic carbocycles. The summed E-state index contributed by atoms with van der Waals surface area (Å²) in [4.78, 5) is 27.1. The third-order valence-electron chi connectivity index (χ3n) is 3.70. The fourth-order valence-corrected chi connectivity index (χ4v) is 2.38. The van der Waals surface area contributed by atoms with E-state index in [0.717, 1.165) is 12.1 Å². The van der Waals surface area contributed by atoms with Gasteiger partial charge in [0.05, 0.1) is 0 Å². The van der Waals surface area contributed by atoms with E-state index >= 15 is 0 Å². The van der Waals surface area contributed by atoms with Crippen molar-refractivity contribution in [1.29, 1.82) is 0 Å². The SMILES string of the molecule is COC(OC)C(=O)N1CCN(C(=O)Nc2c(F)cccc2F)CC1. The number of ether oxygens (including phenoxy) is 2. The third-order valence-corrected chi connectivity index (χ3v) is 3.70. The summed E-state index contributed by atoms with van der Waals surface area (Å²) >= 11 is 0. The Morgan fingerprint density at radius 2 is 1.54 bits per heavy atom. The van der Waals surface area contributed by atoms with Crippen molar-refractivity contribution < 1.29 is 27.8 Å². The van der Waals surface area contributed by atoms with Gasteiger partial charge in [-0.1, -0.05) is 6.07 Å². The number of nitrogens with one attached hydrogen (secondary N) is 1. The molecule has 132 valence electrons. The molecule has 1 heterocycles. The van der Waals surface area contributed by atoms with E-state index in [2.05, 4.69) is 5.32 Å². The number of rotatable bonds is 4. The molecule has 24 heavy (non-hydrogen) atoms. The van der Waals surface area contributed by atoms with Crippen LogP contribution in [0.2, 0.25) is 0 Å². The van der Waals surface area contributed by atoms with Crippen LogP contribution in [-0.2, 0) is 14.3 Å². The van der Waals surface area contributed by atoms with Crippen molar-refractivity contribution in [2.24, 2.45) is 0 Å². The normalized spacial score (nSPS) is 14.9. The van der Waals surface area contributed by atoms with E-state index < -0.39 is 29.6 Å². The van der Waals surface area contributed by atoms with Crippen LogP contribution in [0.3, 0.4) is 0 Å². The Morgan fingerprint density at radius 1 is 1.04 bits per heavy atom. The zero-order valence-corrected chi connectivity index (χ0v) is 13.4. The number of carbonyl (C=O) groups excluding carboxylic acids is 2. The number of urea groups is 1. The molecule has 0 atom stereocenters. The molecular formula is C15H19F2N3O4. The summed E-state index contributed by atoms with van der Waals surface area (Å²) in [5.41, 5.74) is -0.486. The first-order chi connectivity index (χ1) is 11.5. The second-order valence-electron chi connectivity index (χ2n) is 5.14. The fraction of sp³-hybridized carbons (Fsp3) is 0.467. The van der Waals surface area contributed by atoms with Crippen molar-refractivity contribution in [1.82, 2.24) is 9.80 Å². The largest absolute Gasteiger partial charge is 0.348 e. The van der Waals surface area contributed by atoms with Crippen LogP contribution >= 0.6 is 0 Å². The molecule has 3 amide bonds. The van der Waals surface area contributed by atoms with Gasteiger partial charge < -0.3 is 24.6 Å². The molecule has 9 heteroatoms. The zero-order valence-electron chi connectivity index (χ0n) is 13.4. The van der Waals surface area contributed by atoms with Crippen molar-refractivity contribution in [2.75, 3.05) is 45.7 Å². The maximum Gasteiger partial charge on any atom is 0.322 e. The first-order valence-electron chi connectivity index (χ1n) is 7.32. The molecular weight excluding hydrogens is 324 g/mol. The van der Waals surface area contributed by atoms with E-state index in [1.54, 1.807) is 0 Å². The fourth-order valence-electron chi connectivity index (χ4n) is 2.38. The summed E-state index contributed by atoms with van der Waals surface area (Å²) in [6.07, 6.45) is -0.988. The molecule has 1 aromatic rings. The van der Waals surface area contributed by atoms with Gasteiger partial charge in [0.25, 0.3) is 5.91 Å².